The Hall–Kier alpha value is -3.30. The van der Waals surface area contributed by atoms with E-state index < -0.39 is 12.2 Å². The topological polar surface area (TPSA) is 101 Å². The van der Waals surface area contributed by atoms with Crippen LogP contribution in [-0.2, 0) is 4.74 Å². The predicted molar refractivity (Wildman–Crippen MR) is 126 cm³/mol. The number of rotatable bonds is 6. The summed E-state index contributed by atoms with van der Waals surface area (Å²) in [6.45, 7) is -0.230. The number of aromatic nitrogens is 1. The van der Waals surface area contributed by atoms with Gasteiger partial charge in [0.1, 0.15) is 28.7 Å². The average molecular weight is 463 g/mol. The lowest BCUT2D eigenvalue weighted by atomic mass is 10.1. The third-order valence-electron chi connectivity index (χ3n) is 5.44. The van der Waals surface area contributed by atoms with E-state index in [-0.39, 0.29) is 18.6 Å². The molecule has 0 bridgehead atoms. The van der Waals surface area contributed by atoms with Crippen LogP contribution < -0.4 is 10.1 Å². The number of carbonyl (C=O) groups is 1. The maximum atomic E-state index is 12.8. The van der Waals surface area contributed by atoms with E-state index in [2.05, 4.69) is 10.3 Å². The van der Waals surface area contributed by atoms with E-state index in [0.717, 1.165) is 15.5 Å². The number of amides is 1. The number of aliphatic hydroxyl groups is 2. The van der Waals surface area contributed by atoms with Gasteiger partial charge in [-0.15, -0.1) is 11.3 Å². The fourth-order valence-electron chi connectivity index (χ4n) is 3.71. The zero-order chi connectivity index (χ0) is 22.8. The average Bonchev–Trinajstić information content (AvgIpc) is 3.43. The molecule has 1 aliphatic heterocycles. The Balaban J connectivity index is 1.26. The van der Waals surface area contributed by atoms with Crippen molar-refractivity contribution in [1.82, 2.24) is 4.98 Å². The summed E-state index contributed by atoms with van der Waals surface area (Å²) >= 11 is 1.46. The first-order valence-electron chi connectivity index (χ1n) is 10.6. The second kappa shape index (κ2) is 9.29. The number of nitrogens with one attached hydrogen (secondary N) is 1. The Kier molecular flexibility index (Phi) is 6.06. The molecule has 1 saturated heterocycles. The molecule has 7 nitrogen and oxygen atoms in total. The number of para-hydroxylation sites is 1. The zero-order valence-electron chi connectivity index (χ0n) is 17.5. The molecule has 1 aromatic heterocycles. The first kappa shape index (κ1) is 21.5. The molecule has 1 aliphatic rings. The molecule has 0 saturated carbocycles. The number of thiazole rings is 1. The van der Waals surface area contributed by atoms with Gasteiger partial charge in [0.25, 0.3) is 5.91 Å². The molecule has 33 heavy (non-hydrogen) atoms. The van der Waals surface area contributed by atoms with E-state index in [0.29, 0.717) is 28.9 Å². The second-order valence-electron chi connectivity index (χ2n) is 7.78. The summed E-state index contributed by atoms with van der Waals surface area (Å²) in [6.07, 6.45) is -1.27. The van der Waals surface area contributed by atoms with E-state index in [9.17, 15) is 15.0 Å². The summed E-state index contributed by atoms with van der Waals surface area (Å²) in [6, 6.07) is 22.0. The van der Waals surface area contributed by atoms with Crippen LogP contribution in [0.2, 0.25) is 0 Å². The van der Waals surface area contributed by atoms with Crippen LogP contribution in [0.5, 0.6) is 11.5 Å². The SMILES string of the molecule is O=C(Nc1ccc(Oc2ccccc2)cc1)c1ccc2sc([C@H]3C[C@H](O)[C@@H](CO)O3)nc2c1. The molecule has 0 unspecified atom stereocenters. The van der Waals surface area contributed by atoms with Crippen molar-refractivity contribution < 1.29 is 24.5 Å². The highest BCUT2D eigenvalue weighted by atomic mass is 32.1. The van der Waals surface area contributed by atoms with Crippen molar-refractivity contribution in [3.63, 3.8) is 0 Å². The monoisotopic (exact) mass is 462 g/mol. The molecule has 3 atom stereocenters. The van der Waals surface area contributed by atoms with Crippen molar-refractivity contribution in [3.05, 3.63) is 83.4 Å². The van der Waals surface area contributed by atoms with E-state index in [1.54, 1.807) is 36.4 Å². The van der Waals surface area contributed by atoms with Crippen molar-refractivity contribution in [2.45, 2.75) is 24.7 Å². The van der Waals surface area contributed by atoms with Gasteiger partial charge < -0.3 is 25.0 Å². The summed E-state index contributed by atoms with van der Waals surface area (Å²) in [5, 5.41) is 22.9. The van der Waals surface area contributed by atoms with Crippen LogP contribution >= 0.6 is 11.3 Å². The van der Waals surface area contributed by atoms with Gasteiger partial charge in [-0.05, 0) is 54.6 Å². The number of fused-ring (bicyclic) bond motifs is 1. The largest absolute Gasteiger partial charge is 0.457 e. The standard InChI is InChI=1S/C25H22N2O5S/c28-14-22-20(29)13-21(32-22)25-27-19-12-15(6-11-23(19)33-25)24(30)26-16-7-9-18(10-8-16)31-17-4-2-1-3-5-17/h1-12,20-22,28-29H,13-14H2,(H,26,30)/t20-,21+,22+/m0/s1. The Morgan fingerprint density at radius 3 is 2.58 bits per heavy atom. The molecule has 0 aliphatic carbocycles. The fraction of sp³-hybridized carbons (Fsp3) is 0.200. The van der Waals surface area contributed by atoms with Crippen LogP contribution in [0.25, 0.3) is 10.2 Å². The van der Waals surface area contributed by atoms with Gasteiger partial charge in [0, 0.05) is 17.7 Å². The molecule has 0 radical (unpaired) electrons. The lowest BCUT2D eigenvalue weighted by molar-refractivity contribution is -0.0225. The van der Waals surface area contributed by atoms with Crippen LogP contribution in [0.3, 0.4) is 0 Å². The highest BCUT2D eigenvalue weighted by molar-refractivity contribution is 7.18. The van der Waals surface area contributed by atoms with Crippen LogP contribution in [0.15, 0.2) is 72.8 Å². The van der Waals surface area contributed by atoms with Crippen LogP contribution in [0.4, 0.5) is 5.69 Å². The van der Waals surface area contributed by atoms with Gasteiger partial charge >= 0.3 is 0 Å². The molecule has 1 amide bonds. The Labute approximate surface area is 194 Å². The summed E-state index contributed by atoms with van der Waals surface area (Å²) in [4.78, 5) is 17.4. The van der Waals surface area contributed by atoms with Crippen molar-refractivity contribution in [2.24, 2.45) is 0 Å². The minimum Gasteiger partial charge on any atom is -0.457 e. The Morgan fingerprint density at radius 2 is 1.85 bits per heavy atom. The number of nitrogens with zero attached hydrogens (tertiary/aromatic N) is 1. The van der Waals surface area contributed by atoms with Crippen molar-refractivity contribution in [1.29, 1.82) is 0 Å². The minimum atomic E-state index is -0.710. The molecule has 8 heteroatoms. The number of benzene rings is 3. The first-order valence-corrected chi connectivity index (χ1v) is 11.4. The highest BCUT2D eigenvalue weighted by Gasteiger charge is 2.35. The molecule has 4 aromatic rings. The van der Waals surface area contributed by atoms with Crippen LogP contribution in [-0.4, -0.2) is 39.9 Å². The van der Waals surface area contributed by atoms with Crippen LogP contribution in [0.1, 0.15) is 27.9 Å². The summed E-state index contributed by atoms with van der Waals surface area (Å²) in [5.41, 5.74) is 1.84. The van der Waals surface area contributed by atoms with Crippen molar-refractivity contribution >= 4 is 33.1 Å². The summed E-state index contributed by atoms with van der Waals surface area (Å²) < 4.78 is 12.4. The van der Waals surface area contributed by atoms with Crippen LogP contribution in [0, 0.1) is 0 Å². The van der Waals surface area contributed by atoms with E-state index in [4.69, 9.17) is 9.47 Å². The van der Waals surface area contributed by atoms with Gasteiger partial charge in [-0.25, -0.2) is 4.98 Å². The summed E-state index contributed by atoms with van der Waals surface area (Å²) in [7, 11) is 0. The van der Waals surface area contributed by atoms with E-state index >= 15 is 0 Å². The molecule has 3 N–H and O–H groups in total. The third kappa shape index (κ3) is 4.74. The summed E-state index contributed by atoms with van der Waals surface area (Å²) in [5.74, 6) is 1.18. The maximum Gasteiger partial charge on any atom is 0.255 e. The quantitative estimate of drug-likeness (QED) is 0.389. The lowest BCUT2D eigenvalue weighted by Crippen LogP contribution is -2.24. The third-order valence-corrected chi connectivity index (χ3v) is 6.57. The number of hydrogen-bond acceptors (Lipinski definition) is 7. The van der Waals surface area contributed by atoms with Gasteiger partial charge in [-0.1, -0.05) is 18.2 Å². The van der Waals surface area contributed by atoms with Gasteiger partial charge in [-0.2, -0.15) is 0 Å². The smallest absolute Gasteiger partial charge is 0.255 e. The van der Waals surface area contributed by atoms with E-state index in [1.807, 2.05) is 36.4 Å². The molecular weight excluding hydrogens is 440 g/mol. The molecule has 1 fully saturated rings. The molecule has 2 heterocycles. The highest BCUT2D eigenvalue weighted by Crippen LogP contribution is 2.37. The molecule has 168 valence electrons. The van der Waals surface area contributed by atoms with Crippen molar-refractivity contribution in [2.75, 3.05) is 11.9 Å². The number of ether oxygens (including phenoxy) is 2. The Morgan fingerprint density at radius 1 is 1.09 bits per heavy atom. The number of carbonyl (C=O) groups excluding carboxylic acids is 1. The zero-order valence-corrected chi connectivity index (χ0v) is 18.4. The number of hydrogen-bond donors (Lipinski definition) is 3. The first-order chi connectivity index (χ1) is 16.1. The molecule has 5 rings (SSSR count). The van der Waals surface area contributed by atoms with Gasteiger partial charge in [0.15, 0.2) is 0 Å². The fourth-order valence-corrected chi connectivity index (χ4v) is 4.71. The minimum absolute atomic E-state index is 0.230. The number of anilines is 1. The van der Waals surface area contributed by atoms with Gasteiger partial charge in [0.05, 0.1) is 22.9 Å². The van der Waals surface area contributed by atoms with E-state index in [1.165, 1.54) is 11.3 Å². The lowest BCUT2D eigenvalue weighted by Gasteiger charge is -2.09. The molecule has 0 spiro atoms. The molecular formula is C25H22N2O5S. The number of aliphatic hydroxyl groups excluding tert-OH is 2. The van der Waals surface area contributed by atoms with Gasteiger partial charge in [0.2, 0.25) is 0 Å². The Bertz CT molecular complexity index is 1260. The normalized spacial score (nSPS) is 20.1. The van der Waals surface area contributed by atoms with Gasteiger partial charge in [-0.3, -0.25) is 4.79 Å². The van der Waals surface area contributed by atoms with Crippen molar-refractivity contribution in [3.8, 4) is 11.5 Å². The second-order valence-corrected chi connectivity index (χ2v) is 8.84. The predicted octanol–water partition coefficient (Wildman–Crippen LogP) is 4.52. The maximum absolute atomic E-state index is 12.8. The molecule has 3 aromatic carbocycles.